The molecule has 32 heavy (non-hydrogen) atoms. The molecular formula is C24H19ClN2O4S. The van der Waals surface area contributed by atoms with Gasteiger partial charge in [-0.15, -0.1) is 0 Å². The lowest BCUT2D eigenvalue weighted by molar-refractivity contribution is 0.0951. The van der Waals surface area contributed by atoms with Crippen LogP contribution in [0.25, 0.3) is 6.08 Å². The third-order valence-electron chi connectivity index (χ3n) is 4.93. The Kier molecular flexibility index (Phi) is 6.50. The maximum absolute atomic E-state index is 13.0. The highest BCUT2D eigenvalue weighted by Gasteiger charge is 2.34. The average Bonchev–Trinajstić information content (AvgIpc) is 2.81. The van der Waals surface area contributed by atoms with Crippen LogP contribution < -0.4 is 14.8 Å². The molecule has 1 aliphatic heterocycles. The topological polar surface area (TPSA) is 90.5 Å². The van der Waals surface area contributed by atoms with E-state index in [2.05, 4.69) is 10.0 Å². The van der Waals surface area contributed by atoms with Crippen LogP contribution in [0.3, 0.4) is 0 Å². The molecule has 1 unspecified atom stereocenters. The highest BCUT2D eigenvalue weighted by atomic mass is 35.5. The molecule has 6 nitrogen and oxygen atoms in total. The number of allylic oxidation sites excluding steroid dienone is 1. The molecule has 0 spiro atoms. The molecule has 1 aliphatic rings. The Bertz CT molecular complexity index is 1190. The van der Waals surface area contributed by atoms with Crippen LogP contribution >= 0.6 is 11.6 Å². The number of carbonyl (C=O) groups excluding carboxylic acids is 2. The summed E-state index contributed by atoms with van der Waals surface area (Å²) in [6.45, 7) is 0.331. The molecule has 0 bridgehead atoms. The Morgan fingerprint density at radius 1 is 1.12 bits per heavy atom. The predicted molar refractivity (Wildman–Crippen MR) is 126 cm³/mol. The van der Waals surface area contributed by atoms with Crippen LogP contribution in [0.5, 0.6) is 5.75 Å². The fraction of sp³-hybridized carbons (Fsp3) is 0.0833. The molecule has 1 atom stereocenters. The largest absolute Gasteiger partial charge is 0.588 e. The van der Waals surface area contributed by atoms with Gasteiger partial charge in [0.15, 0.2) is 0 Å². The summed E-state index contributed by atoms with van der Waals surface area (Å²) in [4.78, 5) is 25.8. The number of ketones is 1. The van der Waals surface area contributed by atoms with Crippen molar-refractivity contribution in [2.24, 2.45) is 0 Å². The average molecular weight is 467 g/mol. The Morgan fingerprint density at radius 3 is 2.53 bits per heavy atom. The summed E-state index contributed by atoms with van der Waals surface area (Å²) in [5.74, 6) is 0.0313. The number of carbonyl (C=O) groups is 2. The molecule has 2 N–H and O–H groups in total. The van der Waals surface area contributed by atoms with Crippen molar-refractivity contribution >= 4 is 46.4 Å². The normalized spacial score (nSPS) is 16.3. The molecule has 3 aromatic rings. The van der Waals surface area contributed by atoms with E-state index in [0.717, 1.165) is 11.3 Å². The van der Waals surface area contributed by atoms with Gasteiger partial charge in [0, 0.05) is 23.2 Å². The van der Waals surface area contributed by atoms with Crippen LogP contribution in [0.1, 0.15) is 31.8 Å². The summed E-state index contributed by atoms with van der Waals surface area (Å²) >= 11 is 4.19. The highest BCUT2D eigenvalue weighted by molar-refractivity contribution is 7.97. The van der Waals surface area contributed by atoms with Crippen LogP contribution in [0.15, 0.2) is 71.6 Å². The molecule has 162 valence electrons. The number of fused-ring (bicyclic) bond motifs is 1. The van der Waals surface area contributed by atoms with Crippen LogP contribution in [0, 0.1) is 0 Å². The zero-order valence-electron chi connectivity index (χ0n) is 17.1. The number of ether oxygens (including phenoxy) is 1. The number of hydrogen-bond donors (Lipinski definition) is 2. The van der Waals surface area contributed by atoms with Gasteiger partial charge in [0.05, 0.1) is 18.4 Å². The van der Waals surface area contributed by atoms with Gasteiger partial charge in [-0.1, -0.05) is 35.9 Å². The van der Waals surface area contributed by atoms with E-state index < -0.39 is 17.1 Å². The minimum Gasteiger partial charge on any atom is -0.588 e. The number of halogens is 1. The van der Waals surface area contributed by atoms with Crippen LogP contribution in [-0.4, -0.2) is 23.4 Å². The van der Waals surface area contributed by atoms with Gasteiger partial charge in [-0.3, -0.25) is 9.59 Å². The van der Waals surface area contributed by atoms with E-state index in [0.29, 0.717) is 33.9 Å². The van der Waals surface area contributed by atoms with E-state index in [1.165, 1.54) is 6.07 Å². The summed E-state index contributed by atoms with van der Waals surface area (Å²) in [6, 6.07) is 18.9. The van der Waals surface area contributed by atoms with E-state index in [1.807, 2.05) is 24.3 Å². The summed E-state index contributed by atoms with van der Waals surface area (Å²) < 4.78 is 20.5. The molecule has 0 saturated heterocycles. The summed E-state index contributed by atoms with van der Waals surface area (Å²) in [5.41, 5.74) is 2.67. The van der Waals surface area contributed by atoms with Crippen molar-refractivity contribution in [3.63, 3.8) is 0 Å². The molecule has 0 aliphatic carbocycles. The van der Waals surface area contributed by atoms with Gasteiger partial charge in [0.2, 0.25) is 10.7 Å². The van der Waals surface area contributed by atoms with Gasteiger partial charge in [-0.25, -0.2) is 4.72 Å². The van der Waals surface area contributed by atoms with Gasteiger partial charge in [0.1, 0.15) is 17.1 Å². The summed E-state index contributed by atoms with van der Waals surface area (Å²) in [6.07, 6.45) is 1.56. The number of anilines is 1. The first-order valence-electron chi connectivity index (χ1n) is 9.70. The van der Waals surface area contributed by atoms with Gasteiger partial charge in [-0.05, 0) is 53.6 Å². The van der Waals surface area contributed by atoms with E-state index in [4.69, 9.17) is 16.3 Å². The summed E-state index contributed by atoms with van der Waals surface area (Å²) in [5, 5.41) is 3.41. The number of nitrogens with one attached hydrogen (secondary N) is 2. The molecule has 1 amide bonds. The minimum absolute atomic E-state index is 0.107. The molecule has 0 aromatic heterocycles. The fourth-order valence-electron chi connectivity index (χ4n) is 3.19. The van der Waals surface area contributed by atoms with E-state index in [-0.39, 0.29) is 10.8 Å². The second-order valence-corrected chi connectivity index (χ2v) is 8.67. The van der Waals surface area contributed by atoms with Gasteiger partial charge < -0.3 is 14.6 Å². The van der Waals surface area contributed by atoms with Crippen molar-refractivity contribution in [1.29, 1.82) is 0 Å². The summed E-state index contributed by atoms with van der Waals surface area (Å²) in [7, 11) is 1.59. The Labute approximate surface area is 193 Å². The zero-order chi connectivity index (χ0) is 22.7. The standard InChI is InChI=1S/C24H19ClN2O4S/c1-31-19-9-4-16(5-10-19)14-26-24(29)17-6-11-21-20(13-17)23(28)22(32(30)27-21)12-15-2-7-18(25)8-3-15/h2-13,27H,14H2,1H3,(H,26,29)/b22-12-. The first-order chi connectivity index (χ1) is 15.4. The third kappa shape index (κ3) is 4.80. The molecule has 1 heterocycles. The smallest absolute Gasteiger partial charge is 0.251 e. The molecular weight excluding hydrogens is 448 g/mol. The monoisotopic (exact) mass is 466 g/mol. The van der Waals surface area contributed by atoms with E-state index >= 15 is 0 Å². The van der Waals surface area contributed by atoms with E-state index in [9.17, 15) is 14.1 Å². The SMILES string of the molecule is COc1ccc(CNC(=O)c2ccc3c(c2)C(=O)/C(=C/c2ccc(Cl)cc2)[S+]([O-])N3)cc1. The molecule has 0 saturated carbocycles. The Balaban J connectivity index is 1.53. The zero-order valence-corrected chi connectivity index (χ0v) is 18.6. The number of amides is 1. The maximum Gasteiger partial charge on any atom is 0.251 e. The van der Waals surface area contributed by atoms with Crippen LogP contribution in [0.4, 0.5) is 5.69 Å². The maximum atomic E-state index is 13.0. The molecule has 4 rings (SSSR count). The second-order valence-electron chi connectivity index (χ2n) is 7.05. The minimum atomic E-state index is -1.71. The van der Waals surface area contributed by atoms with Crippen molar-refractivity contribution < 1.29 is 18.9 Å². The van der Waals surface area contributed by atoms with Crippen molar-refractivity contribution in [3.8, 4) is 5.75 Å². The second kappa shape index (κ2) is 9.48. The molecule has 0 radical (unpaired) electrons. The molecule has 0 fully saturated rings. The highest BCUT2D eigenvalue weighted by Crippen LogP contribution is 2.31. The lowest BCUT2D eigenvalue weighted by Crippen LogP contribution is -2.28. The number of methoxy groups -OCH3 is 1. The fourth-order valence-corrected chi connectivity index (χ4v) is 4.33. The molecule has 8 heteroatoms. The van der Waals surface area contributed by atoms with Gasteiger partial charge in [-0.2, -0.15) is 0 Å². The van der Waals surface area contributed by atoms with E-state index in [1.54, 1.807) is 49.6 Å². The Hall–Kier alpha value is -3.26. The number of Topliss-reactive ketones (excluding diaryl/α,β-unsaturated/α-hetero) is 1. The predicted octanol–water partition coefficient (Wildman–Crippen LogP) is 4.59. The van der Waals surface area contributed by atoms with Crippen LogP contribution in [0.2, 0.25) is 5.02 Å². The van der Waals surface area contributed by atoms with Crippen molar-refractivity contribution in [1.82, 2.24) is 5.32 Å². The van der Waals surface area contributed by atoms with Gasteiger partial charge in [0.25, 0.3) is 5.91 Å². The lowest BCUT2D eigenvalue weighted by Gasteiger charge is -2.21. The number of benzene rings is 3. The first-order valence-corrected chi connectivity index (χ1v) is 11.2. The number of hydrogen-bond acceptors (Lipinski definition) is 5. The van der Waals surface area contributed by atoms with Crippen molar-refractivity contribution in [2.45, 2.75) is 6.54 Å². The molecule has 3 aromatic carbocycles. The Morgan fingerprint density at radius 2 is 1.84 bits per heavy atom. The quantitative estimate of drug-likeness (QED) is 0.424. The lowest BCUT2D eigenvalue weighted by atomic mass is 10.0. The van der Waals surface area contributed by atoms with Gasteiger partial charge >= 0.3 is 0 Å². The van der Waals surface area contributed by atoms with Crippen molar-refractivity contribution in [2.75, 3.05) is 11.8 Å². The van der Waals surface area contributed by atoms with Crippen LogP contribution in [-0.2, 0) is 17.9 Å². The number of rotatable bonds is 5. The van der Waals surface area contributed by atoms with Crippen molar-refractivity contribution in [3.05, 3.63) is 98.9 Å². The third-order valence-corrected chi connectivity index (χ3v) is 6.29. The first kappa shape index (κ1) is 22.0.